The Labute approximate surface area is 184 Å². The van der Waals surface area contributed by atoms with Gasteiger partial charge in [0.25, 0.3) is 5.91 Å². The molecule has 164 valence electrons. The third kappa shape index (κ3) is 5.33. The zero-order valence-corrected chi connectivity index (χ0v) is 17.4. The van der Waals surface area contributed by atoms with Crippen molar-refractivity contribution in [2.75, 3.05) is 13.2 Å². The summed E-state index contributed by atoms with van der Waals surface area (Å²) >= 11 is 0. The smallest absolute Gasteiger partial charge is 0.272 e. The van der Waals surface area contributed by atoms with Crippen molar-refractivity contribution in [3.8, 4) is 0 Å². The predicted octanol–water partition coefficient (Wildman–Crippen LogP) is 3.90. The highest BCUT2D eigenvalue weighted by atomic mass is 19.1. The monoisotopic (exact) mass is 434 g/mol. The summed E-state index contributed by atoms with van der Waals surface area (Å²) in [7, 11) is 0. The van der Waals surface area contributed by atoms with Crippen molar-refractivity contribution in [3.05, 3.63) is 83.2 Å². The Kier molecular flexibility index (Phi) is 6.81. The van der Waals surface area contributed by atoms with Gasteiger partial charge in [0.1, 0.15) is 12.0 Å². The van der Waals surface area contributed by atoms with Crippen LogP contribution >= 0.6 is 0 Å². The molecule has 1 atom stereocenters. The third-order valence-electron chi connectivity index (χ3n) is 5.14. The molecule has 1 saturated heterocycles. The third-order valence-corrected chi connectivity index (χ3v) is 5.14. The molecule has 1 aromatic carbocycles. The molecule has 1 amide bonds. The number of hydrogen-bond donors (Lipinski definition) is 1. The second kappa shape index (κ2) is 10.1. The molecule has 1 aliphatic heterocycles. The van der Waals surface area contributed by atoms with Crippen molar-refractivity contribution in [2.24, 2.45) is 0 Å². The number of halogens is 1. The number of ether oxygens (including phenoxy) is 1. The molecule has 8 heteroatoms. The van der Waals surface area contributed by atoms with E-state index in [-0.39, 0.29) is 24.2 Å². The number of carbonyl (C=O) groups excluding carboxylic acids is 2. The molecular weight excluding hydrogens is 411 g/mol. The summed E-state index contributed by atoms with van der Waals surface area (Å²) in [4.78, 5) is 29.3. The Hall–Kier alpha value is -3.65. The number of carbonyl (C=O) groups is 2. The van der Waals surface area contributed by atoms with Gasteiger partial charge in [-0.1, -0.05) is 18.2 Å². The number of amides is 1. The Morgan fingerprint density at radius 3 is 2.75 bits per heavy atom. The molecule has 7 nitrogen and oxygen atoms in total. The summed E-state index contributed by atoms with van der Waals surface area (Å²) in [6.45, 7) is 0.433. The van der Waals surface area contributed by atoms with Crippen LogP contribution in [0.4, 0.5) is 4.39 Å². The van der Waals surface area contributed by atoms with Gasteiger partial charge in [0.15, 0.2) is 11.5 Å². The van der Waals surface area contributed by atoms with Crippen LogP contribution in [0.25, 0.3) is 12.2 Å². The van der Waals surface area contributed by atoms with Crippen molar-refractivity contribution >= 4 is 23.8 Å². The van der Waals surface area contributed by atoms with E-state index in [0.717, 1.165) is 24.8 Å². The highest BCUT2D eigenvalue weighted by Gasteiger charge is 2.22. The Balaban J connectivity index is 1.52. The van der Waals surface area contributed by atoms with Gasteiger partial charge in [0.2, 0.25) is 0 Å². The summed E-state index contributed by atoms with van der Waals surface area (Å²) in [5.41, 5.74) is 2.01. The largest absolute Gasteiger partial charge is 0.357 e. The van der Waals surface area contributed by atoms with E-state index in [2.05, 4.69) is 15.4 Å². The molecule has 4 rings (SSSR count). The second-order valence-corrected chi connectivity index (χ2v) is 7.47. The number of aromatic nitrogens is 3. The average molecular weight is 434 g/mol. The van der Waals surface area contributed by atoms with Gasteiger partial charge in [-0.3, -0.25) is 14.6 Å². The van der Waals surface area contributed by atoms with Gasteiger partial charge in [-0.15, -0.1) is 0 Å². The van der Waals surface area contributed by atoms with E-state index in [1.54, 1.807) is 29.3 Å². The molecule has 0 spiro atoms. The van der Waals surface area contributed by atoms with Crippen LogP contribution in [0.15, 0.2) is 55.0 Å². The molecule has 3 aromatic rings. The minimum absolute atomic E-state index is 0.200. The highest BCUT2D eigenvalue weighted by Crippen LogP contribution is 2.24. The Bertz CT molecular complexity index is 1100. The molecular formula is C24H23FN4O3. The number of pyridine rings is 1. The molecule has 1 aliphatic rings. The van der Waals surface area contributed by atoms with Crippen LogP contribution in [0.2, 0.25) is 0 Å². The maximum absolute atomic E-state index is 13.1. The molecule has 0 radical (unpaired) electrons. The Morgan fingerprint density at radius 1 is 1.19 bits per heavy atom. The van der Waals surface area contributed by atoms with Crippen molar-refractivity contribution in [1.82, 2.24) is 20.1 Å². The van der Waals surface area contributed by atoms with Gasteiger partial charge in [-0.2, -0.15) is 5.10 Å². The van der Waals surface area contributed by atoms with E-state index in [1.807, 2.05) is 18.2 Å². The summed E-state index contributed by atoms with van der Waals surface area (Å²) in [5, 5.41) is 7.08. The number of benzene rings is 1. The highest BCUT2D eigenvalue weighted by molar-refractivity contribution is 6.02. The van der Waals surface area contributed by atoms with Gasteiger partial charge >= 0.3 is 0 Å². The van der Waals surface area contributed by atoms with Gasteiger partial charge in [-0.05, 0) is 55.2 Å². The van der Waals surface area contributed by atoms with Crippen molar-refractivity contribution < 1.29 is 18.7 Å². The van der Waals surface area contributed by atoms with Crippen LogP contribution in [0.3, 0.4) is 0 Å². The first-order valence-corrected chi connectivity index (χ1v) is 10.5. The molecule has 1 N–H and O–H groups in total. The number of nitrogens with zero attached hydrogens (tertiary/aromatic N) is 3. The summed E-state index contributed by atoms with van der Waals surface area (Å²) in [5.74, 6) is -1.21. The molecule has 2 aromatic heterocycles. The first kappa shape index (κ1) is 21.6. The van der Waals surface area contributed by atoms with Crippen molar-refractivity contribution in [1.29, 1.82) is 0 Å². The minimum atomic E-state index is -0.471. The van der Waals surface area contributed by atoms with E-state index in [4.69, 9.17) is 4.74 Å². The van der Waals surface area contributed by atoms with Crippen LogP contribution in [0.5, 0.6) is 0 Å². The number of rotatable bonds is 7. The van der Waals surface area contributed by atoms with Gasteiger partial charge in [-0.25, -0.2) is 9.07 Å². The lowest BCUT2D eigenvalue weighted by Gasteiger charge is -2.22. The summed E-state index contributed by atoms with van der Waals surface area (Å²) < 4.78 is 20.5. The van der Waals surface area contributed by atoms with E-state index in [1.165, 1.54) is 24.3 Å². The predicted molar refractivity (Wildman–Crippen MR) is 117 cm³/mol. The summed E-state index contributed by atoms with van der Waals surface area (Å²) in [6, 6.07) is 8.93. The second-order valence-electron chi connectivity index (χ2n) is 7.47. The quantitative estimate of drug-likeness (QED) is 0.570. The molecule has 32 heavy (non-hydrogen) atoms. The van der Waals surface area contributed by atoms with E-state index in [9.17, 15) is 14.0 Å². The maximum atomic E-state index is 13.1. The molecule has 1 fully saturated rings. The SMILES string of the molecule is O=C(CNC(=O)c1nn(C2CCCCO2)cc1C=Cc1cccnc1)c1ccc(F)cc1. The number of Topliss-reactive ketones (excluding diaryl/α,β-unsaturated/α-hetero) is 1. The number of nitrogens with one attached hydrogen (secondary N) is 1. The fourth-order valence-electron chi connectivity index (χ4n) is 3.43. The van der Waals surface area contributed by atoms with E-state index >= 15 is 0 Å². The fourth-order valence-corrected chi connectivity index (χ4v) is 3.43. The maximum Gasteiger partial charge on any atom is 0.272 e. The lowest BCUT2D eigenvalue weighted by Crippen LogP contribution is -2.30. The van der Waals surface area contributed by atoms with Crippen LogP contribution < -0.4 is 5.32 Å². The van der Waals surface area contributed by atoms with Crippen molar-refractivity contribution in [3.63, 3.8) is 0 Å². The average Bonchev–Trinajstić information content (AvgIpc) is 3.27. The number of hydrogen-bond acceptors (Lipinski definition) is 5. The van der Waals surface area contributed by atoms with Crippen molar-refractivity contribution in [2.45, 2.75) is 25.5 Å². The molecule has 0 bridgehead atoms. The fraction of sp³-hybridized carbons (Fsp3) is 0.250. The van der Waals surface area contributed by atoms with Gasteiger partial charge < -0.3 is 10.1 Å². The minimum Gasteiger partial charge on any atom is -0.357 e. The lowest BCUT2D eigenvalue weighted by molar-refractivity contribution is -0.0396. The normalized spacial score (nSPS) is 16.2. The van der Waals surface area contributed by atoms with Crippen LogP contribution in [-0.2, 0) is 4.74 Å². The zero-order valence-electron chi connectivity index (χ0n) is 17.4. The summed E-state index contributed by atoms with van der Waals surface area (Å²) in [6.07, 6.45) is 11.4. The Morgan fingerprint density at radius 2 is 2.03 bits per heavy atom. The first-order valence-electron chi connectivity index (χ1n) is 10.5. The van der Waals surface area contributed by atoms with Crippen LogP contribution in [0.1, 0.15) is 57.5 Å². The van der Waals surface area contributed by atoms with Gasteiger partial charge in [0, 0.05) is 36.3 Å². The van der Waals surface area contributed by atoms with E-state index in [0.29, 0.717) is 17.7 Å². The molecule has 3 heterocycles. The molecule has 0 saturated carbocycles. The van der Waals surface area contributed by atoms with E-state index < -0.39 is 11.7 Å². The molecule has 0 aliphatic carbocycles. The zero-order chi connectivity index (χ0) is 22.3. The lowest BCUT2D eigenvalue weighted by atomic mass is 10.1. The van der Waals surface area contributed by atoms with Crippen LogP contribution in [-0.4, -0.2) is 39.6 Å². The first-order chi connectivity index (χ1) is 15.6. The topological polar surface area (TPSA) is 86.1 Å². The molecule has 1 unspecified atom stereocenters. The van der Waals surface area contributed by atoms with Crippen LogP contribution in [0, 0.1) is 5.82 Å². The van der Waals surface area contributed by atoms with Gasteiger partial charge in [0.05, 0.1) is 6.54 Å². The number of ketones is 1. The standard InChI is InChI=1S/C24H23FN4O3/c25-20-10-8-18(9-11-20)21(30)15-27-24(31)23-19(7-6-17-4-3-12-26-14-17)16-29(28-23)22-5-1-2-13-32-22/h3-4,6-12,14,16,22H,1-2,5,13,15H2,(H,27,31).